The van der Waals surface area contributed by atoms with Gasteiger partial charge >= 0.3 is 0 Å². The van der Waals surface area contributed by atoms with E-state index >= 15 is 0 Å². The van der Waals surface area contributed by atoms with Crippen molar-refractivity contribution >= 4 is 23.2 Å². The van der Waals surface area contributed by atoms with E-state index in [9.17, 15) is 8.78 Å². The van der Waals surface area contributed by atoms with Gasteiger partial charge < -0.3 is 5.32 Å². The van der Waals surface area contributed by atoms with Crippen LogP contribution < -0.4 is 5.32 Å². The van der Waals surface area contributed by atoms with Crippen molar-refractivity contribution in [1.29, 1.82) is 0 Å². The number of halogens is 4. The summed E-state index contributed by atoms with van der Waals surface area (Å²) >= 11 is 12.0. The summed E-state index contributed by atoms with van der Waals surface area (Å²) in [4.78, 5) is 0. The van der Waals surface area contributed by atoms with Crippen LogP contribution in [0.15, 0.2) is 36.4 Å². The van der Waals surface area contributed by atoms with Gasteiger partial charge in [0.15, 0.2) is 0 Å². The van der Waals surface area contributed by atoms with Crippen LogP contribution in [0.1, 0.15) is 24.1 Å². The summed E-state index contributed by atoms with van der Waals surface area (Å²) in [6, 6.07) is 8.84. The minimum absolute atomic E-state index is 0.00830. The Morgan fingerprint density at radius 3 is 2.45 bits per heavy atom. The van der Waals surface area contributed by atoms with Crippen molar-refractivity contribution < 1.29 is 8.78 Å². The highest BCUT2D eigenvalue weighted by molar-refractivity contribution is 6.36. The number of hydrogen-bond donors (Lipinski definition) is 1. The summed E-state index contributed by atoms with van der Waals surface area (Å²) in [5.74, 6) is -0.811. The smallest absolute Gasteiger partial charge is 0.142 e. The maximum atomic E-state index is 13.5. The van der Waals surface area contributed by atoms with E-state index in [1.165, 1.54) is 18.2 Å². The van der Waals surface area contributed by atoms with Gasteiger partial charge in [-0.05, 0) is 25.1 Å². The van der Waals surface area contributed by atoms with E-state index < -0.39 is 5.82 Å². The molecule has 0 aliphatic heterocycles. The predicted octanol–water partition coefficient (Wildman–Crippen LogP) is 5.12. The molecular weight excluding hydrogens is 303 g/mol. The van der Waals surface area contributed by atoms with E-state index in [1.54, 1.807) is 25.1 Å². The highest BCUT2D eigenvalue weighted by Gasteiger charge is 2.17. The summed E-state index contributed by atoms with van der Waals surface area (Å²) in [5, 5.41) is 3.46. The van der Waals surface area contributed by atoms with Gasteiger partial charge in [-0.2, -0.15) is 0 Å². The molecule has 0 amide bonds. The van der Waals surface area contributed by atoms with Gasteiger partial charge in [-0.1, -0.05) is 41.4 Å². The Morgan fingerprint density at radius 2 is 1.75 bits per heavy atom. The van der Waals surface area contributed by atoms with Gasteiger partial charge in [0.25, 0.3) is 0 Å². The zero-order valence-electron chi connectivity index (χ0n) is 10.8. The van der Waals surface area contributed by atoms with E-state index in [0.717, 1.165) is 0 Å². The number of nitrogens with one attached hydrogen (secondary N) is 1. The molecule has 5 heteroatoms. The Balaban J connectivity index is 2.15. The molecule has 1 nitrogen and oxygen atoms in total. The molecule has 0 saturated heterocycles. The van der Waals surface area contributed by atoms with Gasteiger partial charge in [0, 0.05) is 28.7 Å². The Hall–Kier alpha value is -1.16. The molecule has 1 unspecified atom stereocenters. The summed E-state index contributed by atoms with van der Waals surface area (Å²) in [6.45, 7) is 2.10. The standard InChI is InChI=1S/C15H13Cl2F2N/c1-9(14-11(16)6-7-13(19)15(14)17)20-8-10-4-2-3-5-12(10)18/h2-7,9,20H,8H2,1H3. The van der Waals surface area contributed by atoms with Crippen molar-refractivity contribution in [2.24, 2.45) is 0 Å². The van der Waals surface area contributed by atoms with Crippen LogP contribution in [-0.2, 0) is 6.54 Å². The largest absolute Gasteiger partial charge is 0.306 e. The average Bonchev–Trinajstić information content (AvgIpc) is 2.42. The second kappa shape index (κ2) is 6.53. The van der Waals surface area contributed by atoms with Crippen molar-refractivity contribution in [3.05, 3.63) is 69.2 Å². The number of hydrogen-bond acceptors (Lipinski definition) is 1. The van der Waals surface area contributed by atoms with Gasteiger partial charge in [-0.3, -0.25) is 0 Å². The summed E-state index contributed by atoms with van der Waals surface area (Å²) in [5.41, 5.74) is 1.01. The second-order valence-electron chi connectivity index (χ2n) is 4.45. The number of rotatable bonds is 4. The lowest BCUT2D eigenvalue weighted by molar-refractivity contribution is 0.540. The summed E-state index contributed by atoms with van der Waals surface area (Å²) < 4.78 is 27.0. The number of benzene rings is 2. The molecule has 1 N–H and O–H groups in total. The lowest BCUT2D eigenvalue weighted by Crippen LogP contribution is -2.19. The first-order chi connectivity index (χ1) is 9.50. The van der Waals surface area contributed by atoms with Crippen LogP contribution in [-0.4, -0.2) is 0 Å². The van der Waals surface area contributed by atoms with Crippen LogP contribution in [0.25, 0.3) is 0 Å². The van der Waals surface area contributed by atoms with Crippen LogP contribution >= 0.6 is 23.2 Å². The quantitative estimate of drug-likeness (QED) is 0.772. The fraction of sp³-hybridized carbons (Fsp3) is 0.200. The molecule has 0 bridgehead atoms. The molecule has 0 aliphatic carbocycles. The molecule has 2 aromatic rings. The van der Waals surface area contributed by atoms with E-state index in [4.69, 9.17) is 23.2 Å². The van der Waals surface area contributed by atoms with E-state index in [0.29, 0.717) is 22.7 Å². The molecule has 0 fully saturated rings. The Labute approximate surface area is 126 Å². The Kier molecular flexibility index (Phi) is 4.97. The fourth-order valence-corrected chi connectivity index (χ4v) is 2.64. The molecule has 20 heavy (non-hydrogen) atoms. The molecule has 0 aromatic heterocycles. The third-order valence-corrected chi connectivity index (χ3v) is 3.78. The van der Waals surface area contributed by atoms with Crippen LogP contribution in [0.2, 0.25) is 10.0 Å². The molecule has 2 rings (SSSR count). The first-order valence-electron chi connectivity index (χ1n) is 6.11. The predicted molar refractivity (Wildman–Crippen MR) is 78.1 cm³/mol. The van der Waals surface area contributed by atoms with E-state index in [1.807, 2.05) is 0 Å². The third kappa shape index (κ3) is 3.29. The maximum Gasteiger partial charge on any atom is 0.142 e. The van der Waals surface area contributed by atoms with Crippen LogP contribution in [0.3, 0.4) is 0 Å². The van der Waals surface area contributed by atoms with Crippen molar-refractivity contribution in [1.82, 2.24) is 5.32 Å². The van der Waals surface area contributed by atoms with Gasteiger partial charge in [0.05, 0.1) is 5.02 Å². The van der Waals surface area contributed by atoms with Crippen LogP contribution in [0, 0.1) is 11.6 Å². The normalized spacial score (nSPS) is 12.4. The highest BCUT2D eigenvalue weighted by Crippen LogP contribution is 2.32. The van der Waals surface area contributed by atoms with Crippen molar-refractivity contribution in [3.8, 4) is 0 Å². The Bertz CT molecular complexity index is 617. The van der Waals surface area contributed by atoms with E-state index in [2.05, 4.69) is 5.32 Å². The summed E-state index contributed by atoms with van der Waals surface area (Å²) in [6.07, 6.45) is 0. The lowest BCUT2D eigenvalue weighted by Gasteiger charge is -2.17. The average molecular weight is 316 g/mol. The van der Waals surface area contributed by atoms with Crippen LogP contribution in [0.4, 0.5) is 8.78 Å². The second-order valence-corrected chi connectivity index (χ2v) is 5.24. The van der Waals surface area contributed by atoms with Gasteiger partial charge in [-0.25, -0.2) is 8.78 Å². The molecule has 0 heterocycles. The zero-order chi connectivity index (χ0) is 14.7. The molecule has 0 saturated carbocycles. The first-order valence-corrected chi connectivity index (χ1v) is 6.86. The fourth-order valence-electron chi connectivity index (χ4n) is 1.95. The minimum atomic E-state index is -0.523. The molecule has 0 aliphatic rings. The molecular formula is C15H13Cl2F2N. The Morgan fingerprint density at radius 1 is 1.05 bits per heavy atom. The topological polar surface area (TPSA) is 12.0 Å². The SMILES string of the molecule is CC(NCc1ccccc1F)c1c(Cl)ccc(F)c1Cl. The zero-order valence-corrected chi connectivity index (χ0v) is 12.3. The van der Waals surface area contributed by atoms with Crippen LogP contribution in [0.5, 0.6) is 0 Å². The van der Waals surface area contributed by atoms with E-state index in [-0.39, 0.29) is 16.9 Å². The molecule has 106 valence electrons. The van der Waals surface area contributed by atoms with Crippen molar-refractivity contribution in [2.45, 2.75) is 19.5 Å². The van der Waals surface area contributed by atoms with Gasteiger partial charge in [-0.15, -0.1) is 0 Å². The molecule has 0 radical (unpaired) electrons. The van der Waals surface area contributed by atoms with Crippen molar-refractivity contribution in [2.75, 3.05) is 0 Å². The van der Waals surface area contributed by atoms with Gasteiger partial charge in [0.1, 0.15) is 11.6 Å². The molecule has 2 aromatic carbocycles. The highest BCUT2D eigenvalue weighted by atomic mass is 35.5. The monoisotopic (exact) mass is 315 g/mol. The summed E-state index contributed by atoms with van der Waals surface area (Å²) in [7, 11) is 0. The lowest BCUT2D eigenvalue weighted by atomic mass is 10.1. The van der Waals surface area contributed by atoms with Crippen molar-refractivity contribution in [3.63, 3.8) is 0 Å². The van der Waals surface area contributed by atoms with Gasteiger partial charge in [0.2, 0.25) is 0 Å². The first kappa shape index (κ1) is 15.2. The minimum Gasteiger partial charge on any atom is -0.306 e. The maximum absolute atomic E-state index is 13.5. The molecule has 0 spiro atoms. The third-order valence-electron chi connectivity index (χ3n) is 3.07. The molecule has 1 atom stereocenters.